The predicted molar refractivity (Wildman–Crippen MR) is 171 cm³/mol. The summed E-state index contributed by atoms with van der Waals surface area (Å²) in [5.74, 6) is 3.08. The topological polar surface area (TPSA) is 55.8 Å². The number of hydrogen-bond donors (Lipinski definition) is 0. The first-order valence-corrected chi connectivity index (χ1v) is 18.0. The van der Waals surface area contributed by atoms with Gasteiger partial charge in [0.15, 0.2) is 0 Å². The van der Waals surface area contributed by atoms with Gasteiger partial charge in [-0.2, -0.15) is 0 Å². The summed E-state index contributed by atoms with van der Waals surface area (Å²) in [6.07, 6.45) is 14.1. The maximum atomic E-state index is 14.6. The molecule has 5 nitrogen and oxygen atoms in total. The van der Waals surface area contributed by atoms with E-state index in [2.05, 4.69) is 66.4 Å². The number of hydrogen-bond acceptors (Lipinski definition) is 4. The zero-order valence-corrected chi connectivity index (χ0v) is 28.7. The summed E-state index contributed by atoms with van der Waals surface area (Å²) in [6, 6.07) is 0. The molecule has 1 saturated heterocycles. The van der Waals surface area contributed by atoms with Gasteiger partial charge in [0.1, 0.15) is 6.10 Å². The first-order valence-electron chi connectivity index (χ1n) is 18.0. The standard InChI is InChI=1S/C38H61NO4/c1-9-10-31(40)43-30-15-16-35(6)28(34(30,4)5)14-17-37(8)29(35)12-11-27-32-26(3)25(2)13-18-38(32,20-19-36(27,37)7)33(41)39-21-23-42-24-22-39/h11,25-26,28-30,32H,9-10,12-24H2,1-8H3/t25-,26+,28+,29-,30+,32?,35+,36-,37-,38+/m1/s1. The Morgan fingerprint density at radius 2 is 1.65 bits per heavy atom. The van der Waals surface area contributed by atoms with Crippen molar-refractivity contribution in [2.75, 3.05) is 26.3 Å². The van der Waals surface area contributed by atoms with Crippen LogP contribution >= 0.6 is 0 Å². The van der Waals surface area contributed by atoms with Crippen molar-refractivity contribution < 1.29 is 19.1 Å². The lowest BCUT2D eigenvalue weighted by Gasteiger charge is -2.71. The molecule has 0 N–H and O–H groups in total. The largest absolute Gasteiger partial charge is 0.462 e. The van der Waals surface area contributed by atoms with Crippen molar-refractivity contribution in [3.05, 3.63) is 11.6 Å². The fourth-order valence-corrected chi connectivity index (χ4v) is 12.5. The normalized spacial score (nSPS) is 47.3. The highest BCUT2D eigenvalue weighted by Gasteiger charge is 2.70. The highest BCUT2D eigenvalue weighted by Crippen LogP contribution is 2.76. The van der Waals surface area contributed by atoms with Crippen LogP contribution in [0.2, 0.25) is 0 Å². The predicted octanol–water partition coefficient (Wildman–Crippen LogP) is 8.21. The van der Waals surface area contributed by atoms with Gasteiger partial charge < -0.3 is 14.4 Å². The molecule has 242 valence electrons. The van der Waals surface area contributed by atoms with E-state index in [0.29, 0.717) is 55.1 Å². The quantitative estimate of drug-likeness (QED) is 0.243. The summed E-state index contributed by atoms with van der Waals surface area (Å²) < 4.78 is 11.8. The number of ether oxygens (including phenoxy) is 2. The minimum absolute atomic E-state index is 0.0178. The maximum Gasteiger partial charge on any atom is 0.306 e. The Labute approximate surface area is 262 Å². The molecule has 0 aromatic rings. The highest BCUT2D eigenvalue weighted by molar-refractivity contribution is 5.84. The van der Waals surface area contributed by atoms with E-state index >= 15 is 0 Å². The van der Waals surface area contributed by atoms with Crippen LogP contribution in [0.1, 0.15) is 126 Å². The molecule has 0 spiro atoms. The Morgan fingerprint density at radius 1 is 0.930 bits per heavy atom. The molecule has 10 atom stereocenters. The molecule has 1 amide bonds. The average molecular weight is 596 g/mol. The molecule has 0 aromatic heterocycles. The Morgan fingerprint density at radius 3 is 2.35 bits per heavy atom. The van der Waals surface area contributed by atoms with Gasteiger partial charge in [0, 0.05) is 24.9 Å². The zero-order chi connectivity index (χ0) is 31.0. The molecular weight excluding hydrogens is 534 g/mol. The Kier molecular flexibility index (Phi) is 7.99. The Bertz CT molecular complexity index is 1140. The number of rotatable bonds is 4. The molecule has 5 fully saturated rings. The van der Waals surface area contributed by atoms with Gasteiger partial charge in [0.05, 0.1) is 18.6 Å². The third kappa shape index (κ3) is 4.46. The van der Waals surface area contributed by atoms with Gasteiger partial charge >= 0.3 is 5.97 Å². The van der Waals surface area contributed by atoms with Gasteiger partial charge in [-0.15, -0.1) is 0 Å². The monoisotopic (exact) mass is 595 g/mol. The van der Waals surface area contributed by atoms with Crippen LogP contribution in [0.5, 0.6) is 0 Å². The third-order valence-corrected chi connectivity index (χ3v) is 15.4. The minimum Gasteiger partial charge on any atom is -0.462 e. The molecule has 6 aliphatic rings. The van der Waals surface area contributed by atoms with Gasteiger partial charge in [-0.3, -0.25) is 9.59 Å². The molecule has 4 saturated carbocycles. The number of amides is 1. The zero-order valence-electron chi connectivity index (χ0n) is 28.7. The number of nitrogens with zero attached hydrogens (tertiary/aromatic N) is 1. The molecule has 1 heterocycles. The summed E-state index contributed by atoms with van der Waals surface area (Å²) in [7, 11) is 0. The van der Waals surface area contributed by atoms with Gasteiger partial charge in [0.2, 0.25) is 5.91 Å². The number of fused-ring (bicyclic) bond motifs is 7. The molecule has 5 aliphatic carbocycles. The second-order valence-corrected chi connectivity index (χ2v) is 17.3. The summed E-state index contributed by atoms with van der Waals surface area (Å²) in [5, 5.41) is 0. The number of esters is 1. The van der Waals surface area contributed by atoms with Crippen molar-refractivity contribution in [2.45, 2.75) is 132 Å². The van der Waals surface area contributed by atoms with E-state index < -0.39 is 0 Å². The second kappa shape index (κ2) is 10.9. The SMILES string of the molecule is CCCC(=O)O[C@H]1CC[C@]2(C)[C@H]3CC=C4C5[C@@H](C)[C@H](C)CC[C@]5(C(=O)N5CCOCC5)CC[C@@]4(C)[C@]3(C)CC[C@H]2C1(C)C. The molecule has 1 unspecified atom stereocenters. The molecule has 6 rings (SSSR count). The van der Waals surface area contributed by atoms with Crippen LogP contribution < -0.4 is 0 Å². The number of morpholine rings is 1. The number of carbonyl (C=O) groups is 2. The smallest absolute Gasteiger partial charge is 0.306 e. The fourth-order valence-electron chi connectivity index (χ4n) is 12.5. The number of carbonyl (C=O) groups excluding carboxylic acids is 2. The number of allylic oxidation sites excluding steroid dienone is 2. The van der Waals surface area contributed by atoms with Gasteiger partial charge in [0.25, 0.3) is 0 Å². The first kappa shape index (κ1) is 31.6. The van der Waals surface area contributed by atoms with Crippen LogP contribution in [0.3, 0.4) is 0 Å². The minimum atomic E-state index is -0.249. The highest BCUT2D eigenvalue weighted by atomic mass is 16.5. The van der Waals surface area contributed by atoms with Crippen LogP contribution in [-0.2, 0) is 19.1 Å². The van der Waals surface area contributed by atoms with E-state index in [0.717, 1.165) is 64.5 Å². The molecular formula is C38H61NO4. The van der Waals surface area contributed by atoms with Crippen molar-refractivity contribution in [3.8, 4) is 0 Å². The van der Waals surface area contributed by atoms with Crippen molar-refractivity contribution >= 4 is 11.9 Å². The second-order valence-electron chi connectivity index (χ2n) is 17.3. The lowest BCUT2D eigenvalue weighted by Crippen LogP contribution is -2.66. The van der Waals surface area contributed by atoms with E-state index in [1.807, 2.05) is 0 Å². The van der Waals surface area contributed by atoms with Crippen LogP contribution in [0.4, 0.5) is 0 Å². The molecule has 0 bridgehead atoms. The molecule has 0 radical (unpaired) electrons. The van der Waals surface area contributed by atoms with Crippen LogP contribution in [-0.4, -0.2) is 49.2 Å². The summed E-state index contributed by atoms with van der Waals surface area (Å²) >= 11 is 0. The molecule has 43 heavy (non-hydrogen) atoms. The Balaban J connectivity index is 1.35. The van der Waals surface area contributed by atoms with Crippen molar-refractivity contribution in [1.29, 1.82) is 0 Å². The van der Waals surface area contributed by atoms with Crippen LogP contribution in [0.25, 0.3) is 0 Å². The third-order valence-electron chi connectivity index (χ3n) is 15.4. The lowest BCUT2D eigenvalue weighted by atomic mass is 9.33. The van der Waals surface area contributed by atoms with Crippen LogP contribution in [0.15, 0.2) is 11.6 Å². The van der Waals surface area contributed by atoms with Crippen molar-refractivity contribution in [3.63, 3.8) is 0 Å². The average Bonchev–Trinajstić information content (AvgIpc) is 2.97. The van der Waals surface area contributed by atoms with E-state index in [4.69, 9.17) is 9.47 Å². The molecule has 0 aromatic carbocycles. The maximum absolute atomic E-state index is 14.6. The van der Waals surface area contributed by atoms with Gasteiger partial charge in [-0.1, -0.05) is 67.0 Å². The fraction of sp³-hybridized carbons (Fsp3) is 0.895. The first-order chi connectivity index (χ1) is 20.3. The van der Waals surface area contributed by atoms with E-state index in [9.17, 15) is 9.59 Å². The summed E-state index contributed by atoms with van der Waals surface area (Å²) in [4.78, 5) is 29.3. The molecule has 5 heteroatoms. The van der Waals surface area contributed by atoms with E-state index in [1.54, 1.807) is 5.57 Å². The summed E-state index contributed by atoms with van der Waals surface area (Å²) in [6.45, 7) is 22.5. The summed E-state index contributed by atoms with van der Waals surface area (Å²) in [5.41, 5.74) is 1.92. The Hall–Kier alpha value is -1.36. The lowest BCUT2D eigenvalue weighted by molar-refractivity contribution is -0.214. The van der Waals surface area contributed by atoms with Crippen molar-refractivity contribution in [2.24, 2.45) is 56.7 Å². The molecule has 1 aliphatic heterocycles. The van der Waals surface area contributed by atoms with Crippen LogP contribution in [0, 0.1) is 56.7 Å². The van der Waals surface area contributed by atoms with Gasteiger partial charge in [-0.05, 0) is 110 Å². The van der Waals surface area contributed by atoms with E-state index in [-0.39, 0.29) is 39.1 Å². The van der Waals surface area contributed by atoms with E-state index in [1.165, 1.54) is 12.8 Å². The van der Waals surface area contributed by atoms with Gasteiger partial charge in [-0.25, -0.2) is 0 Å². The van der Waals surface area contributed by atoms with Crippen molar-refractivity contribution in [1.82, 2.24) is 4.90 Å².